The fourth-order valence-corrected chi connectivity index (χ4v) is 2.12. The van der Waals surface area contributed by atoms with Crippen LogP contribution in [0.3, 0.4) is 0 Å². The molecule has 6 nitrogen and oxygen atoms in total. The van der Waals surface area contributed by atoms with Crippen LogP contribution in [0.1, 0.15) is 10.4 Å². The van der Waals surface area contributed by atoms with Gasteiger partial charge in [0.1, 0.15) is 0 Å². The molecule has 0 saturated heterocycles. The molecule has 0 aliphatic heterocycles. The van der Waals surface area contributed by atoms with Gasteiger partial charge in [0.25, 0.3) is 0 Å². The normalized spacial score (nSPS) is 10.5. The van der Waals surface area contributed by atoms with Crippen molar-refractivity contribution in [3.05, 3.63) is 59.1 Å². The number of carboxylic acids is 1. The van der Waals surface area contributed by atoms with Crippen molar-refractivity contribution in [3.63, 3.8) is 0 Å². The summed E-state index contributed by atoms with van der Waals surface area (Å²) in [6, 6.07) is 13.7. The molecule has 2 aromatic carbocycles. The number of tetrazole rings is 1. The molecule has 0 amide bonds. The SMILES string of the molecule is O=C(O)c1ccc(Cl)c(-n2nnnc2-c2ccccc2)c1. The first-order valence-corrected chi connectivity index (χ1v) is 6.41. The molecule has 104 valence electrons. The maximum Gasteiger partial charge on any atom is 0.335 e. The maximum absolute atomic E-state index is 11.1. The Kier molecular flexibility index (Phi) is 3.37. The minimum atomic E-state index is -1.04. The molecule has 3 rings (SSSR count). The quantitative estimate of drug-likeness (QED) is 0.804. The highest BCUT2D eigenvalue weighted by atomic mass is 35.5. The summed E-state index contributed by atoms with van der Waals surface area (Å²) in [5, 5.41) is 21.0. The summed E-state index contributed by atoms with van der Waals surface area (Å²) in [5.41, 5.74) is 1.34. The zero-order chi connectivity index (χ0) is 14.8. The van der Waals surface area contributed by atoms with Crippen LogP contribution in [-0.2, 0) is 0 Å². The molecule has 7 heteroatoms. The van der Waals surface area contributed by atoms with Gasteiger partial charge in [-0.1, -0.05) is 41.9 Å². The van der Waals surface area contributed by atoms with E-state index in [4.69, 9.17) is 16.7 Å². The Morgan fingerprint density at radius 1 is 1.14 bits per heavy atom. The lowest BCUT2D eigenvalue weighted by Crippen LogP contribution is -2.04. The minimum absolute atomic E-state index is 0.115. The van der Waals surface area contributed by atoms with Crippen LogP contribution in [0.25, 0.3) is 17.1 Å². The van der Waals surface area contributed by atoms with Crippen LogP contribution < -0.4 is 0 Å². The van der Waals surface area contributed by atoms with Crippen LogP contribution in [0.2, 0.25) is 5.02 Å². The van der Waals surface area contributed by atoms with Gasteiger partial charge in [0.15, 0.2) is 5.82 Å². The summed E-state index contributed by atoms with van der Waals surface area (Å²) in [5.74, 6) is -0.553. The van der Waals surface area contributed by atoms with Crippen LogP contribution in [0.4, 0.5) is 0 Å². The molecule has 1 heterocycles. The van der Waals surface area contributed by atoms with Crippen molar-refractivity contribution >= 4 is 17.6 Å². The number of hydrogen-bond donors (Lipinski definition) is 1. The summed E-state index contributed by atoms with van der Waals surface area (Å²) < 4.78 is 1.42. The molecular weight excluding hydrogens is 292 g/mol. The van der Waals surface area contributed by atoms with Gasteiger partial charge in [-0.2, -0.15) is 4.68 Å². The number of aromatic carboxylic acids is 1. The first-order chi connectivity index (χ1) is 10.2. The number of hydrogen-bond acceptors (Lipinski definition) is 4. The van der Waals surface area contributed by atoms with Gasteiger partial charge in [-0.3, -0.25) is 0 Å². The highest BCUT2D eigenvalue weighted by Gasteiger charge is 2.15. The van der Waals surface area contributed by atoms with E-state index in [9.17, 15) is 4.79 Å². The number of nitrogens with zero attached hydrogens (tertiary/aromatic N) is 4. The van der Waals surface area contributed by atoms with Gasteiger partial charge in [0.2, 0.25) is 0 Å². The number of benzene rings is 2. The van der Waals surface area contributed by atoms with Crippen LogP contribution in [0.15, 0.2) is 48.5 Å². The van der Waals surface area contributed by atoms with Gasteiger partial charge in [-0.05, 0) is 28.6 Å². The molecular formula is C14H9ClN4O2. The van der Waals surface area contributed by atoms with E-state index in [1.807, 2.05) is 30.3 Å². The Bertz CT molecular complexity index is 802. The standard InChI is InChI=1S/C14H9ClN4O2/c15-11-7-6-10(14(20)21)8-12(11)19-13(16-17-18-19)9-4-2-1-3-5-9/h1-8H,(H,20,21). The first kappa shape index (κ1) is 13.3. The topological polar surface area (TPSA) is 80.9 Å². The summed E-state index contributed by atoms with van der Waals surface area (Å²) in [6.45, 7) is 0. The van der Waals surface area contributed by atoms with Crippen molar-refractivity contribution in [2.45, 2.75) is 0 Å². The molecule has 3 aromatic rings. The lowest BCUT2D eigenvalue weighted by atomic mass is 10.2. The second-order valence-corrected chi connectivity index (χ2v) is 4.66. The van der Waals surface area contributed by atoms with E-state index in [0.29, 0.717) is 16.5 Å². The van der Waals surface area contributed by atoms with Crippen LogP contribution >= 0.6 is 11.6 Å². The predicted molar refractivity (Wildman–Crippen MR) is 76.6 cm³/mol. The number of carbonyl (C=O) groups is 1. The van der Waals surface area contributed by atoms with Gasteiger partial charge >= 0.3 is 5.97 Å². The van der Waals surface area contributed by atoms with Gasteiger partial charge in [-0.15, -0.1) is 5.10 Å². The number of rotatable bonds is 3. The van der Waals surface area contributed by atoms with E-state index in [0.717, 1.165) is 5.56 Å². The molecule has 0 bridgehead atoms. The number of aromatic nitrogens is 4. The Balaban J connectivity index is 2.17. The lowest BCUT2D eigenvalue weighted by molar-refractivity contribution is 0.0697. The fraction of sp³-hybridized carbons (Fsp3) is 0. The average molecular weight is 301 g/mol. The van der Waals surface area contributed by atoms with Crippen molar-refractivity contribution in [1.82, 2.24) is 20.2 Å². The zero-order valence-electron chi connectivity index (χ0n) is 10.6. The molecule has 0 saturated carbocycles. The summed E-state index contributed by atoms with van der Waals surface area (Å²) >= 11 is 6.14. The first-order valence-electron chi connectivity index (χ1n) is 6.04. The third-order valence-corrected chi connectivity index (χ3v) is 3.24. The van der Waals surface area contributed by atoms with Gasteiger partial charge in [-0.25, -0.2) is 4.79 Å². The molecule has 0 aliphatic rings. The monoisotopic (exact) mass is 300 g/mol. The van der Waals surface area contributed by atoms with Crippen LogP contribution in [0.5, 0.6) is 0 Å². The van der Waals surface area contributed by atoms with E-state index in [-0.39, 0.29) is 5.56 Å². The Hall–Kier alpha value is -2.73. The molecule has 1 aromatic heterocycles. The Morgan fingerprint density at radius 2 is 1.90 bits per heavy atom. The maximum atomic E-state index is 11.1. The fourth-order valence-electron chi connectivity index (χ4n) is 1.92. The van der Waals surface area contributed by atoms with E-state index in [1.54, 1.807) is 0 Å². The smallest absolute Gasteiger partial charge is 0.335 e. The van der Waals surface area contributed by atoms with Gasteiger partial charge in [0, 0.05) is 5.56 Å². The molecule has 0 aliphatic carbocycles. The second-order valence-electron chi connectivity index (χ2n) is 4.25. The van der Waals surface area contributed by atoms with Crippen molar-refractivity contribution in [1.29, 1.82) is 0 Å². The molecule has 0 spiro atoms. The Labute approximate surface area is 124 Å². The highest BCUT2D eigenvalue weighted by Crippen LogP contribution is 2.25. The third kappa shape index (κ3) is 2.48. The average Bonchev–Trinajstić information content (AvgIpc) is 2.97. The van der Waals surface area contributed by atoms with Crippen LogP contribution in [0, 0.1) is 0 Å². The summed E-state index contributed by atoms with van der Waals surface area (Å²) in [4.78, 5) is 11.1. The van der Waals surface area contributed by atoms with Crippen LogP contribution in [-0.4, -0.2) is 31.3 Å². The van der Waals surface area contributed by atoms with E-state index >= 15 is 0 Å². The highest BCUT2D eigenvalue weighted by molar-refractivity contribution is 6.32. The molecule has 21 heavy (non-hydrogen) atoms. The van der Waals surface area contributed by atoms with E-state index < -0.39 is 5.97 Å². The van der Waals surface area contributed by atoms with Crippen molar-refractivity contribution in [2.24, 2.45) is 0 Å². The summed E-state index contributed by atoms with van der Waals surface area (Å²) in [6.07, 6.45) is 0. The lowest BCUT2D eigenvalue weighted by Gasteiger charge is -2.07. The predicted octanol–water partition coefficient (Wildman–Crippen LogP) is 2.68. The van der Waals surface area contributed by atoms with Crippen molar-refractivity contribution in [2.75, 3.05) is 0 Å². The number of halogens is 1. The van der Waals surface area contributed by atoms with Gasteiger partial charge < -0.3 is 5.11 Å². The molecule has 0 atom stereocenters. The van der Waals surface area contributed by atoms with E-state index in [1.165, 1.54) is 22.9 Å². The molecule has 0 fully saturated rings. The zero-order valence-corrected chi connectivity index (χ0v) is 11.4. The van der Waals surface area contributed by atoms with Gasteiger partial charge in [0.05, 0.1) is 16.3 Å². The molecule has 0 radical (unpaired) electrons. The minimum Gasteiger partial charge on any atom is -0.478 e. The van der Waals surface area contributed by atoms with E-state index in [2.05, 4.69) is 15.5 Å². The largest absolute Gasteiger partial charge is 0.478 e. The molecule has 1 N–H and O–H groups in total. The van der Waals surface area contributed by atoms with Crippen molar-refractivity contribution < 1.29 is 9.90 Å². The third-order valence-electron chi connectivity index (χ3n) is 2.92. The molecule has 0 unspecified atom stereocenters. The second kappa shape index (κ2) is 5.34. The number of carboxylic acid groups (broad SMARTS) is 1. The summed E-state index contributed by atoms with van der Waals surface area (Å²) in [7, 11) is 0. The Morgan fingerprint density at radius 3 is 2.62 bits per heavy atom. The van der Waals surface area contributed by atoms with Crippen molar-refractivity contribution in [3.8, 4) is 17.1 Å².